The molecule has 2 fully saturated rings. The van der Waals surface area contributed by atoms with E-state index >= 15 is 0 Å². The number of carbonyl (C=O) groups excluding carboxylic acids is 1. The number of amides is 1. The predicted octanol–water partition coefficient (Wildman–Crippen LogP) is 6.90. The van der Waals surface area contributed by atoms with E-state index in [0.717, 1.165) is 44.2 Å². The van der Waals surface area contributed by atoms with Crippen molar-refractivity contribution in [1.29, 1.82) is 0 Å². The van der Waals surface area contributed by atoms with Crippen LogP contribution in [-0.2, 0) is 27.5 Å². The highest BCUT2D eigenvalue weighted by molar-refractivity contribution is 7.89. The summed E-state index contributed by atoms with van der Waals surface area (Å²) in [7, 11) is -4.49. The van der Waals surface area contributed by atoms with Crippen LogP contribution in [0.4, 0.5) is 13.2 Å². The molecule has 44 heavy (non-hydrogen) atoms. The van der Waals surface area contributed by atoms with Gasteiger partial charge in [-0.2, -0.15) is 13.2 Å². The molecule has 1 amide bonds. The van der Waals surface area contributed by atoms with Gasteiger partial charge in [0.2, 0.25) is 10.0 Å². The van der Waals surface area contributed by atoms with Crippen LogP contribution in [-0.4, -0.2) is 41.5 Å². The molecule has 0 bridgehead atoms. The smallest absolute Gasteiger partial charge is 0.417 e. The van der Waals surface area contributed by atoms with Gasteiger partial charge in [0.25, 0.3) is 5.91 Å². The molecule has 4 rings (SSSR count). The maximum absolute atomic E-state index is 14.4. The number of benzene rings is 1. The number of aromatic nitrogens is 1. The Morgan fingerprint density at radius 3 is 2.18 bits per heavy atom. The molecule has 2 aliphatic rings. The number of rotatable bonds is 8. The molecule has 0 spiro atoms. The van der Waals surface area contributed by atoms with E-state index in [0.29, 0.717) is 55.1 Å². The second kappa shape index (κ2) is 12.5. The topological polar surface area (TPSA) is 118 Å². The number of alkyl halides is 3. The lowest BCUT2D eigenvalue weighted by Gasteiger charge is -2.34. The first kappa shape index (κ1) is 34.0. The van der Waals surface area contributed by atoms with Crippen molar-refractivity contribution in [3.8, 4) is 11.3 Å². The zero-order valence-electron chi connectivity index (χ0n) is 26.1. The summed E-state index contributed by atoms with van der Waals surface area (Å²) in [5, 5.41) is 12.6. The minimum atomic E-state index is -4.94. The molecule has 0 saturated heterocycles. The molecule has 244 valence electrons. The average molecular weight is 640 g/mol. The molecular formula is C32H44F3N3O5S. The quantitative estimate of drug-likeness (QED) is 0.291. The summed E-state index contributed by atoms with van der Waals surface area (Å²) in [5.74, 6) is -0.914. The van der Waals surface area contributed by atoms with Crippen molar-refractivity contribution in [3.05, 3.63) is 41.1 Å². The molecule has 0 unspecified atom stereocenters. The Morgan fingerprint density at radius 1 is 1.02 bits per heavy atom. The average Bonchev–Trinajstić information content (AvgIpc) is 3.24. The predicted molar refractivity (Wildman–Crippen MR) is 162 cm³/mol. The van der Waals surface area contributed by atoms with Crippen molar-refractivity contribution >= 4 is 21.9 Å². The Bertz CT molecular complexity index is 1490. The van der Waals surface area contributed by atoms with Gasteiger partial charge in [-0.25, -0.2) is 13.1 Å². The minimum Gasteiger partial charge on any atom is -0.481 e. The Hall–Kier alpha value is -2.86. The lowest BCUT2D eigenvalue weighted by atomic mass is 9.74. The maximum atomic E-state index is 14.4. The first-order chi connectivity index (χ1) is 20.3. The van der Waals surface area contributed by atoms with E-state index in [9.17, 15) is 36.3 Å². The van der Waals surface area contributed by atoms with Gasteiger partial charge in [-0.1, -0.05) is 25.3 Å². The number of hydrogen-bond acceptors (Lipinski definition) is 4. The highest BCUT2D eigenvalue weighted by Crippen LogP contribution is 2.40. The number of carbonyl (C=O) groups is 2. The molecular weight excluding hydrogens is 595 g/mol. The largest absolute Gasteiger partial charge is 0.481 e. The van der Waals surface area contributed by atoms with Crippen LogP contribution in [0.5, 0.6) is 0 Å². The van der Waals surface area contributed by atoms with Crippen LogP contribution < -0.4 is 10.0 Å². The normalized spacial score (nSPS) is 22.1. The first-order valence-corrected chi connectivity index (χ1v) is 16.8. The zero-order chi connectivity index (χ0) is 32.7. The highest BCUT2D eigenvalue weighted by atomic mass is 32.2. The van der Waals surface area contributed by atoms with Crippen LogP contribution in [0.15, 0.2) is 29.2 Å². The van der Waals surface area contributed by atoms with Gasteiger partial charge in [0.05, 0.1) is 21.4 Å². The van der Waals surface area contributed by atoms with Crippen LogP contribution in [0.25, 0.3) is 11.3 Å². The first-order valence-electron chi connectivity index (χ1n) is 15.3. The molecule has 1 heterocycles. The number of halogens is 3. The van der Waals surface area contributed by atoms with Gasteiger partial charge >= 0.3 is 12.1 Å². The van der Waals surface area contributed by atoms with Gasteiger partial charge in [0.15, 0.2) is 0 Å². The van der Waals surface area contributed by atoms with E-state index in [4.69, 9.17) is 0 Å². The van der Waals surface area contributed by atoms with Crippen LogP contribution in [0.2, 0.25) is 0 Å². The molecule has 12 heteroatoms. The van der Waals surface area contributed by atoms with E-state index in [1.54, 1.807) is 40.7 Å². The van der Waals surface area contributed by atoms with Crippen molar-refractivity contribution in [1.82, 2.24) is 14.6 Å². The number of carboxylic acids is 1. The van der Waals surface area contributed by atoms with Gasteiger partial charge < -0.3 is 15.0 Å². The molecule has 2 aliphatic carbocycles. The SMILES string of the molecule is Cc1c(C(=O)NC2CCC(C)(C(=O)O)CC2)cc(-c2ccc(S(=O)(=O)NC(C)(C)C)c(C(F)(F)F)c2)n1CC1CCCCC1. The number of sulfonamides is 1. The molecule has 2 saturated carbocycles. The fraction of sp³-hybridized carbons (Fsp3) is 0.625. The standard InChI is InChI=1S/C32H44F3N3O5S/c1-20-24(28(39)36-23-13-15-31(5,16-14-23)29(40)41)18-26(38(20)19-21-9-7-6-8-10-21)22-11-12-27(25(17-22)32(33,34)35)44(42,43)37-30(2,3)4/h11-12,17-18,21,23,37H,6-10,13-16,19H2,1-5H3,(H,36,39)(H,40,41). The van der Waals surface area contributed by atoms with Crippen molar-refractivity contribution in [2.24, 2.45) is 11.3 Å². The zero-order valence-corrected chi connectivity index (χ0v) is 26.9. The summed E-state index contributed by atoms with van der Waals surface area (Å²) < 4.78 is 73.3. The minimum absolute atomic E-state index is 0.167. The van der Waals surface area contributed by atoms with E-state index in [-0.39, 0.29) is 17.5 Å². The van der Waals surface area contributed by atoms with Crippen LogP contribution in [0, 0.1) is 18.3 Å². The third kappa shape index (κ3) is 7.67. The number of nitrogens with one attached hydrogen (secondary N) is 2. The number of aliphatic carboxylic acids is 1. The van der Waals surface area contributed by atoms with Gasteiger partial charge in [-0.15, -0.1) is 0 Å². The number of hydrogen-bond donors (Lipinski definition) is 3. The van der Waals surface area contributed by atoms with Crippen LogP contribution >= 0.6 is 0 Å². The Kier molecular flexibility index (Phi) is 9.66. The molecule has 8 nitrogen and oxygen atoms in total. The molecule has 0 atom stereocenters. The summed E-state index contributed by atoms with van der Waals surface area (Å²) in [6.45, 7) is 8.68. The van der Waals surface area contributed by atoms with E-state index in [1.165, 1.54) is 6.07 Å². The third-order valence-electron chi connectivity index (χ3n) is 9.03. The fourth-order valence-corrected chi connectivity index (χ4v) is 8.08. The van der Waals surface area contributed by atoms with Crippen LogP contribution in [0.1, 0.15) is 107 Å². The summed E-state index contributed by atoms with van der Waals surface area (Å²) >= 11 is 0. The monoisotopic (exact) mass is 639 g/mol. The van der Waals surface area contributed by atoms with Crippen LogP contribution in [0.3, 0.4) is 0 Å². The van der Waals surface area contributed by atoms with Gasteiger partial charge in [0, 0.05) is 29.5 Å². The Balaban J connectivity index is 1.73. The Morgan fingerprint density at radius 2 is 1.64 bits per heavy atom. The van der Waals surface area contributed by atoms with E-state index in [2.05, 4.69) is 10.0 Å². The lowest BCUT2D eigenvalue weighted by Crippen LogP contribution is -2.42. The molecule has 2 aromatic rings. The summed E-state index contributed by atoms with van der Waals surface area (Å²) in [6.07, 6.45) is 2.16. The molecule has 1 aromatic carbocycles. The number of nitrogens with zero attached hydrogens (tertiary/aromatic N) is 1. The summed E-state index contributed by atoms with van der Waals surface area (Å²) in [4.78, 5) is 24.3. The number of carboxylic acid groups (broad SMARTS) is 1. The Labute approximate surface area is 257 Å². The molecule has 1 aromatic heterocycles. The van der Waals surface area contributed by atoms with Crippen molar-refractivity contribution < 1.29 is 36.3 Å². The molecule has 3 N–H and O–H groups in total. The molecule has 0 aliphatic heterocycles. The lowest BCUT2D eigenvalue weighted by molar-refractivity contribution is -0.150. The summed E-state index contributed by atoms with van der Waals surface area (Å²) in [6, 6.07) is 4.60. The fourth-order valence-electron chi connectivity index (χ4n) is 6.46. The molecule has 0 radical (unpaired) electrons. The highest BCUT2D eigenvalue weighted by Gasteiger charge is 2.40. The van der Waals surface area contributed by atoms with Crippen molar-refractivity contribution in [2.45, 2.75) is 122 Å². The second-order valence-electron chi connectivity index (χ2n) is 13.8. The van der Waals surface area contributed by atoms with Gasteiger partial charge in [0.1, 0.15) is 0 Å². The van der Waals surface area contributed by atoms with Gasteiger partial charge in [-0.05, 0) is 103 Å². The van der Waals surface area contributed by atoms with Crippen molar-refractivity contribution in [3.63, 3.8) is 0 Å². The van der Waals surface area contributed by atoms with Crippen molar-refractivity contribution in [2.75, 3.05) is 0 Å². The second-order valence-corrected chi connectivity index (χ2v) is 15.5. The third-order valence-corrected chi connectivity index (χ3v) is 10.8. The summed E-state index contributed by atoms with van der Waals surface area (Å²) in [5.41, 5.74) is -1.55. The van der Waals surface area contributed by atoms with Gasteiger partial charge in [-0.3, -0.25) is 9.59 Å². The van der Waals surface area contributed by atoms with E-state index in [1.807, 2.05) is 4.57 Å². The van der Waals surface area contributed by atoms with E-state index < -0.39 is 43.6 Å². The maximum Gasteiger partial charge on any atom is 0.417 e.